The van der Waals surface area contributed by atoms with Crippen LogP contribution in [0.5, 0.6) is 0 Å². The Morgan fingerprint density at radius 2 is 1.59 bits per heavy atom. The van der Waals surface area contributed by atoms with E-state index in [1.807, 2.05) is 43.3 Å². The van der Waals surface area contributed by atoms with Gasteiger partial charge in [-0.15, -0.1) is 0 Å². The molecule has 0 atom stereocenters. The fourth-order valence-corrected chi connectivity index (χ4v) is 2.74. The summed E-state index contributed by atoms with van der Waals surface area (Å²) in [5, 5.41) is 3.07. The van der Waals surface area contributed by atoms with Crippen LogP contribution in [0.25, 0.3) is 0 Å². The minimum Gasteiger partial charge on any atom is -0.378 e. The first-order chi connectivity index (χ1) is 10.5. The molecule has 0 bridgehead atoms. The van der Waals surface area contributed by atoms with Crippen LogP contribution in [0.3, 0.4) is 0 Å². The van der Waals surface area contributed by atoms with Crippen molar-refractivity contribution in [3.63, 3.8) is 0 Å². The third-order valence-corrected chi connectivity index (χ3v) is 4.43. The van der Waals surface area contributed by atoms with Crippen LogP contribution in [-0.4, -0.2) is 20.0 Å². The highest BCUT2D eigenvalue weighted by atomic mass is 16.2. The molecule has 0 heterocycles. The third kappa shape index (κ3) is 2.71. The molecule has 1 fully saturated rings. The Balaban J connectivity index is 1.75. The smallest absolute Gasteiger partial charge is 0.235 e. The minimum absolute atomic E-state index is 0.106. The number of anilines is 2. The van der Waals surface area contributed by atoms with Gasteiger partial charge in [0, 0.05) is 25.5 Å². The summed E-state index contributed by atoms with van der Waals surface area (Å²) >= 11 is 0. The van der Waals surface area contributed by atoms with Crippen molar-refractivity contribution in [1.82, 2.24) is 0 Å². The zero-order valence-corrected chi connectivity index (χ0v) is 13.4. The van der Waals surface area contributed by atoms with Gasteiger partial charge in [-0.2, -0.15) is 0 Å². The van der Waals surface area contributed by atoms with Crippen molar-refractivity contribution in [2.24, 2.45) is 0 Å². The number of nitrogens with one attached hydrogen (secondary N) is 1. The monoisotopic (exact) mass is 294 g/mol. The van der Waals surface area contributed by atoms with Gasteiger partial charge < -0.3 is 10.2 Å². The van der Waals surface area contributed by atoms with Crippen LogP contribution in [0.15, 0.2) is 48.5 Å². The zero-order chi connectivity index (χ0) is 15.7. The average Bonchev–Trinajstić information content (AvgIpc) is 3.30. The number of amides is 1. The Bertz CT molecular complexity index is 668. The normalized spacial score (nSPS) is 15.2. The first-order valence-corrected chi connectivity index (χ1v) is 7.67. The molecule has 2 aromatic carbocycles. The summed E-state index contributed by atoms with van der Waals surface area (Å²) in [6, 6.07) is 16.3. The molecule has 0 aromatic heterocycles. The van der Waals surface area contributed by atoms with E-state index in [0.717, 1.165) is 29.8 Å². The zero-order valence-electron chi connectivity index (χ0n) is 13.4. The molecule has 1 N–H and O–H groups in total. The van der Waals surface area contributed by atoms with Crippen molar-refractivity contribution in [3.8, 4) is 0 Å². The molecule has 1 saturated carbocycles. The number of rotatable bonds is 4. The first-order valence-electron chi connectivity index (χ1n) is 7.67. The van der Waals surface area contributed by atoms with Crippen molar-refractivity contribution in [2.75, 3.05) is 24.3 Å². The van der Waals surface area contributed by atoms with E-state index in [-0.39, 0.29) is 11.3 Å². The second-order valence-electron chi connectivity index (χ2n) is 6.34. The number of carbonyl (C=O) groups excluding carboxylic acids is 1. The maximum Gasteiger partial charge on any atom is 0.235 e. The molecule has 1 amide bonds. The Hall–Kier alpha value is -2.29. The second kappa shape index (κ2) is 5.48. The average molecular weight is 294 g/mol. The molecule has 3 heteroatoms. The summed E-state index contributed by atoms with van der Waals surface area (Å²) in [6.45, 7) is 2.07. The van der Waals surface area contributed by atoms with Gasteiger partial charge in [-0.25, -0.2) is 0 Å². The maximum absolute atomic E-state index is 12.7. The number of carbonyl (C=O) groups is 1. The Morgan fingerprint density at radius 3 is 2.09 bits per heavy atom. The number of nitrogens with zero attached hydrogens (tertiary/aromatic N) is 1. The van der Waals surface area contributed by atoms with Gasteiger partial charge in [0.25, 0.3) is 0 Å². The summed E-state index contributed by atoms with van der Waals surface area (Å²) in [5.41, 5.74) is 4.00. The lowest BCUT2D eigenvalue weighted by Crippen LogP contribution is -2.27. The molecule has 0 aliphatic heterocycles. The highest BCUT2D eigenvalue weighted by Crippen LogP contribution is 2.49. The Morgan fingerprint density at radius 1 is 1.00 bits per heavy atom. The van der Waals surface area contributed by atoms with Crippen LogP contribution in [0.1, 0.15) is 24.0 Å². The maximum atomic E-state index is 12.7. The van der Waals surface area contributed by atoms with Crippen LogP contribution in [-0.2, 0) is 10.2 Å². The van der Waals surface area contributed by atoms with Gasteiger partial charge in [-0.1, -0.05) is 29.8 Å². The Labute approximate surface area is 132 Å². The largest absolute Gasteiger partial charge is 0.378 e. The van der Waals surface area contributed by atoms with Crippen molar-refractivity contribution < 1.29 is 4.79 Å². The highest BCUT2D eigenvalue weighted by Gasteiger charge is 2.51. The predicted molar refractivity (Wildman–Crippen MR) is 91.5 cm³/mol. The summed E-state index contributed by atoms with van der Waals surface area (Å²) in [7, 11) is 4.01. The van der Waals surface area contributed by atoms with Crippen molar-refractivity contribution in [2.45, 2.75) is 25.2 Å². The number of benzene rings is 2. The van der Waals surface area contributed by atoms with E-state index in [1.54, 1.807) is 0 Å². The molecule has 0 unspecified atom stereocenters. The summed E-state index contributed by atoms with van der Waals surface area (Å²) < 4.78 is 0. The molecule has 0 spiro atoms. The third-order valence-electron chi connectivity index (χ3n) is 4.43. The van der Waals surface area contributed by atoms with Gasteiger partial charge in [-0.3, -0.25) is 4.79 Å². The highest BCUT2D eigenvalue weighted by molar-refractivity contribution is 6.01. The van der Waals surface area contributed by atoms with E-state index < -0.39 is 0 Å². The van der Waals surface area contributed by atoms with Crippen LogP contribution in [0, 0.1) is 6.92 Å². The Kier molecular flexibility index (Phi) is 3.65. The summed E-state index contributed by atoms with van der Waals surface area (Å²) in [5.74, 6) is 0.106. The lowest BCUT2D eigenvalue weighted by atomic mass is 9.94. The van der Waals surface area contributed by atoms with Crippen LogP contribution in [0.2, 0.25) is 0 Å². The molecule has 1 aliphatic carbocycles. The van der Waals surface area contributed by atoms with E-state index >= 15 is 0 Å². The standard InChI is InChI=1S/C19H22N2O/c1-14-4-6-15(7-5-14)19(12-13-19)18(22)20-16-8-10-17(11-9-16)21(2)3/h4-11H,12-13H2,1-3H3,(H,20,22). The lowest BCUT2D eigenvalue weighted by molar-refractivity contribution is -0.118. The molecular formula is C19H22N2O. The van der Waals surface area contributed by atoms with E-state index in [0.29, 0.717) is 0 Å². The quantitative estimate of drug-likeness (QED) is 0.932. The fourth-order valence-electron chi connectivity index (χ4n) is 2.74. The molecule has 22 heavy (non-hydrogen) atoms. The lowest BCUT2D eigenvalue weighted by Gasteiger charge is -2.17. The molecule has 3 nitrogen and oxygen atoms in total. The number of hydrogen-bond acceptors (Lipinski definition) is 2. The van der Waals surface area contributed by atoms with E-state index in [4.69, 9.17) is 0 Å². The molecule has 3 rings (SSSR count). The fraction of sp³-hybridized carbons (Fsp3) is 0.316. The number of aryl methyl sites for hydroxylation is 1. The topological polar surface area (TPSA) is 32.3 Å². The van der Waals surface area contributed by atoms with E-state index in [2.05, 4.69) is 36.5 Å². The number of hydrogen-bond donors (Lipinski definition) is 1. The van der Waals surface area contributed by atoms with Gasteiger partial charge in [0.2, 0.25) is 5.91 Å². The van der Waals surface area contributed by atoms with Crippen molar-refractivity contribution in [1.29, 1.82) is 0 Å². The van der Waals surface area contributed by atoms with Gasteiger partial charge >= 0.3 is 0 Å². The SMILES string of the molecule is Cc1ccc(C2(C(=O)Nc3ccc(N(C)C)cc3)CC2)cc1. The van der Waals surface area contributed by atoms with Gasteiger partial charge in [-0.05, 0) is 49.6 Å². The van der Waals surface area contributed by atoms with Crippen LogP contribution in [0.4, 0.5) is 11.4 Å². The van der Waals surface area contributed by atoms with E-state index in [1.165, 1.54) is 5.56 Å². The van der Waals surface area contributed by atoms with Gasteiger partial charge in [0.05, 0.1) is 5.41 Å². The molecule has 0 radical (unpaired) electrons. The summed E-state index contributed by atoms with van der Waals surface area (Å²) in [4.78, 5) is 14.7. The van der Waals surface area contributed by atoms with Gasteiger partial charge in [0.1, 0.15) is 0 Å². The molecular weight excluding hydrogens is 272 g/mol. The van der Waals surface area contributed by atoms with Gasteiger partial charge in [0.15, 0.2) is 0 Å². The first kappa shape index (κ1) is 14.6. The van der Waals surface area contributed by atoms with Crippen LogP contribution < -0.4 is 10.2 Å². The van der Waals surface area contributed by atoms with E-state index in [9.17, 15) is 4.79 Å². The molecule has 114 valence electrons. The molecule has 0 saturated heterocycles. The predicted octanol–water partition coefficient (Wildman–Crippen LogP) is 3.73. The second-order valence-corrected chi connectivity index (χ2v) is 6.34. The molecule has 1 aliphatic rings. The summed E-state index contributed by atoms with van der Waals surface area (Å²) in [6.07, 6.45) is 1.86. The minimum atomic E-state index is -0.325. The van der Waals surface area contributed by atoms with Crippen molar-refractivity contribution >= 4 is 17.3 Å². The molecule has 2 aromatic rings. The van der Waals surface area contributed by atoms with Crippen molar-refractivity contribution in [3.05, 3.63) is 59.7 Å². The van der Waals surface area contributed by atoms with Crippen LogP contribution >= 0.6 is 0 Å².